The van der Waals surface area contributed by atoms with Gasteiger partial charge in [-0.2, -0.15) is 0 Å². The second-order valence-corrected chi connectivity index (χ2v) is 22.1. The van der Waals surface area contributed by atoms with Crippen molar-refractivity contribution in [2.75, 3.05) is 0 Å². The van der Waals surface area contributed by atoms with Crippen molar-refractivity contribution in [2.45, 2.75) is 124 Å². The average Bonchev–Trinajstić information content (AvgIpc) is 2.83. The van der Waals surface area contributed by atoms with E-state index in [9.17, 15) is 0 Å². The molecule has 0 bridgehead atoms. The molecule has 0 N–H and O–H groups in total. The highest BCUT2D eigenvalue weighted by Crippen LogP contribution is 2.62. The van der Waals surface area contributed by atoms with E-state index in [0.717, 1.165) is 25.7 Å². The summed E-state index contributed by atoms with van der Waals surface area (Å²) < 4.78 is 8.08. The van der Waals surface area contributed by atoms with Gasteiger partial charge in [-0.15, -0.1) is 0 Å². The van der Waals surface area contributed by atoms with Crippen LogP contribution in [0.2, 0.25) is 24.7 Å². The van der Waals surface area contributed by atoms with Crippen LogP contribution in [-0.4, -0.2) is 21.6 Å². The molecule has 0 aliphatic carbocycles. The molecule has 0 heterocycles. The summed E-state index contributed by atoms with van der Waals surface area (Å²) in [4.78, 5) is 0. The van der Waals surface area contributed by atoms with E-state index in [1.54, 1.807) is 0 Å². The van der Waals surface area contributed by atoms with Crippen molar-refractivity contribution in [2.24, 2.45) is 10.8 Å². The molecule has 0 fully saturated rings. The number of hydrogen-bond acceptors (Lipinski definition) is 1. The molecule has 202 valence electrons. The third kappa shape index (κ3) is 5.49. The highest BCUT2D eigenvalue weighted by molar-refractivity contribution is 6.94. The lowest BCUT2D eigenvalue weighted by atomic mass is 9.66. The van der Waals surface area contributed by atoms with Gasteiger partial charge in [-0.3, -0.25) is 0 Å². The molecule has 0 aromatic heterocycles. The highest BCUT2D eigenvalue weighted by Gasteiger charge is 2.62. The van der Waals surface area contributed by atoms with E-state index in [4.69, 9.17) is 4.43 Å². The van der Waals surface area contributed by atoms with Gasteiger partial charge in [0.1, 0.15) is 8.07 Å². The van der Waals surface area contributed by atoms with Gasteiger partial charge in [-0.05, 0) is 59.7 Å². The molecule has 3 heteroatoms. The van der Waals surface area contributed by atoms with Gasteiger partial charge in [0.15, 0.2) is 0 Å². The molecule has 2 rings (SSSR count). The molecule has 2 aromatic rings. The van der Waals surface area contributed by atoms with E-state index >= 15 is 0 Å². The molecule has 0 radical (unpaired) electrons. The van der Waals surface area contributed by atoms with Crippen molar-refractivity contribution < 1.29 is 4.43 Å². The number of hydrogen-bond donors (Lipinski definition) is 0. The van der Waals surface area contributed by atoms with E-state index in [2.05, 4.69) is 143 Å². The third-order valence-corrected chi connectivity index (χ3v) is 20.4. The second kappa shape index (κ2) is 11.3. The SMILES string of the molecule is CCC(CC)(O[Si](C)(c1ccccc1)C(CC)(CC)C(C)(C)CC(C)(C)C)[Si](C)(C)c1ccccc1. The monoisotopic (exact) mass is 524 g/mol. The Bertz CT molecular complexity index is 935. The van der Waals surface area contributed by atoms with Gasteiger partial charge in [0, 0.05) is 0 Å². The summed E-state index contributed by atoms with van der Waals surface area (Å²) in [5.74, 6) is 0. The van der Waals surface area contributed by atoms with Crippen LogP contribution in [0.4, 0.5) is 0 Å². The minimum absolute atomic E-state index is 0.103. The van der Waals surface area contributed by atoms with Crippen LogP contribution in [0.1, 0.15) is 94.4 Å². The molecule has 0 aliphatic rings. The summed E-state index contributed by atoms with van der Waals surface area (Å²) in [6, 6.07) is 22.7. The molecule has 1 unspecified atom stereocenters. The molecule has 0 saturated heterocycles. The van der Waals surface area contributed by atoms with Gasteiger partial charge in [-0.25, -0.2) is 0 Å². The Balaban J connectivity index is 2.88. The smallest absolute Gasteiger partial charge is 0.228 e. The van der Waals surface area contributed by atoms with Gasteiger partial charge in [0.25, 0.3) is 0 Å². The predicted octanol–water partition coefficient (Wildman–Crippen LogP) is 9.22. The predicted molar refractivity (Wildman–Crippen MR) is 167 cm³/mol. The van der Waals surface area contributed by atoms with Crippen LogP contribution < -0.4 is 10.4 Å². The van der Waals surface area contributed by atoms with Gasteiger partial charge >= 0.3 is 0 Å². The van der Waals surface area contributed by atoms with Crippen LogP contribution in [0, 0.1) is 10.8 Å². The van der Waals surface area contributed by atoms with Crippen molar-refractivity contribution in [3.63, 3.8) is 0 Å². The molecular formula is C33H56OSi2. The summed E-state index contributed by atoms with van der Waals surface area (Å²) in [5.41, 5.74) is 0.396. The van der Waals surface area contributed by atoms with Gasteiger partial charge in [0.05, 0.1) is 5.22 Å². The van der Waals surface area contributed by atoms with E-state index in [1.807, 2.05) is 0 Å². The molecule has 2 aromatic carbocycles. The number of benzene rings is 2. The maximum atomic E-state index is 8.08. The minimum atomic E-state index is -2.53. The summed E-state index contributed by atoms with van der Waals surface area (Å²) in [5, 5.41) is 2.94. The van der Waals surface area contributed by atoms with E-state index in [0.29, 0.717) is 0 Å². The molecule has 1 atom stereocenters. The van der Waals surface area contributed by atoms with Crippen LogP contribution >= 0.6 is 0 Å². The Labute approximate surface area is 226 Å². The average molecular weight is 525 g/mol. The lowest BCUT2D eigenvalue weighted by molar-refractivity contribution is 0.0727. The minimum Gasteiger partial charge on any atom is -0.409 e. The topological polar surface area (TPSA) is 9.23 Å². The molecular weight excluding hydrogens is 469 g/mol. The van der Waals surface area contributed by atoms with Crippen LogP contribution in [0.5, 0.6) is 0 Å². The Morgan fingerprint density at radius 2 is 1.03 bits per heavy atom. The van der Waals surface area contributed by atoms with Crippen molar-refractivity contribution in [3.8, 4) is 0 Å². The van der Waals surface area contributed by atoms with E-state index in [1.165, 1.54) is 16.8 Å². The zero-order valence-electron chi connectivity index (χ0n) is 25.7. The Morgan fingerprint density at radius 1 is 0.611 bits per heavy atom. The maximum Gasteiger partial charge on any atom is 0.228 e. The Morgan fingerprint density at radius 3 is 1.39 bits per heavy atom. The van der Waals surface area contributed by atoms with Crippen molar-refractivity contribution in [1.82, 2.24) is 0 Å². The first-order valence-electron chi connectivity index (χ1n) is 14.4. The van der Waals surface area contributed by atoms with Crippen molar-refractivity contribution >= 4 is 26.8 Å². The largest absolute Gasteiger partial charge is 0.409 e. The molecule has 0 amide bonds. The lowest BCUT2D eigenvalue weighted by Crippen LogP contribution is -2.72. The first-order chi connectivity index (χ1) is 16.6. The van der Waals surface area contributed by atoms with E-state index < -0.39 is 16.4 Å². The molecule has 0 spiro atoms. The first kappa shape index (κ1) is 31.1. The van der Waals surface area contributed by atoms with Gasteiger partial charge in [0.2, 0.25) is 8.32 Å². The quantitative estimate of drug-likeness (QED) is 0.251. The fraction of sp³-hybridized carbons (Fsp3) is 0.636. The molecule has 1 nitrogen and oxygen atoms in total. The zero-order chi connectivity index (χ0) is 27.5. The fourth-order valence-electron chi connectivity index (χ4n) is 8.13. The van der Waals surface area contributed by atoms with Crippen LogP contribution in [0.15, 0.2) is 60.7 Å². The summed E-state index contributed by atoms with van der Waals surface area (Å²) in [7, 11) is -4.53. The lowest BCUT2D eigenvalue weighted by Gasteiger charge is -2.61. The van der Waals surface area contributed by atoms with Crippen LogP contribution in [0.3, 0.4) is 0 Å². The van der Waals surface area contributed by atoms with Gasteiger partial charge in [-0.1, -0.05) is 141 Å². The molecule has 0 aliphatic heterocycles. The van der Waals surface area contributed by atoms with E-state index in [-0.39, 0.29) is 21.1 Å². The maximum absolute atomic E-state index is 8.08. The fourth-order valence-corrected chi connectivity index (χ4v) is 18.6. The summed E-state index contributed by atoms with van der Waals surface area (Å²) in [6.45, 7) is 29.6. The number of rotatable bonds is 12. The third-order valence-electron chi connectivity index (χ3n) is 9.89. The van der Waals surface area contributed by atoms with Gasteiger partial charge < -0.3 is 4.43 Å². The molecule has 0 saturated carbocycles. The normalized spacial score (nSPS) is 15.6. The van der Waals surface area contributed by atoms with Crippen molar-refractivity contribution in [3.05, 3.63) is 60.7 Å². The first-order valence-corrected chi connectivity index (χ1v) is 19.8. The van der Waals surface area contributed by atoms with Crippen LogP contribution in [-0.2, 0) is 4.43 Å². The highest BCUT2D eigenvalue weighted by atomic mass is 28.4. The Kier molecular flexibility index (Phi) is 9.74. The summed E-state index contributed by atoms with van der Waals surface area (Å²) in [6.07, 6.45) is 5.57. The molecule has 36 heavy (non-hydrogen) atoms. The second-order valence-electron chi connectivity index (χ2n) is 13.6. The van der Waals surface area contributed by atoms with Crippen molar-refractivity contribution in [1.29, 1.82) is 0 Å². The van der Waals surface area contributed by atoms with Crippen LogP contribution in [0.25, 0.3) is 0 Å². The summed E-state index contributed by atoms with van der Waals surface area (Å²) >= 11 is 0. The Hall–Kier alpha value is -1.17. The standard InChI is InChI=1S/C33H56OSi2/c1-13-32(14-2,31(8,9)27-30(5,6)7)36(12,29-25-21-18-22-26-29)34-33(15-3,16-4)35(10,11)28-23-19-17-20-24-28/h17-26H,13-16,27H2,1-12H3. The zero-order valence-corrected chi connectivity index (χ0v) is 27.7.